The van der Waals surface area contributed by atoms with Crippen molar-refractivity contribution >= 4 is 15.7 Å². The third-order valence-electron chi connectivity index (χ3n) is 2.77. The summed E-state index contributed by atoms with van der Waals surface area (Å²) >= 11 is 0. The molecule has 2 heterocycles. The predicted molar refractivity (Wildman–Crippen MR) is 67.4 cm³/mol. The van der Waals surface area contributed by atoms with Gasteiger partial charge in [0.2, 0.25) is 10.0 Å². The van der Waals surface area contributed by atoms with Gasteiger partial charge in [-0.3, -0.25) is 9.71 Å². The van der Waals surface area contributed by atoms with Crippen molar-refractivity contribution in [2.75, 3.05) is 17.0 Å². The lowest BCUT2D eigenvalue weighted by molar-refractivity contribution is 0.582. The maximum absolute atomic E-state index is 11.9. The predicted octanol–water partition coefficient (Wildman–Crippen LogP) is 0.884. The third kappa shape index (κ3) is 3.67. The number of pyridine rings is 1. The Bertz CT molecular complexity index is 464. The second kappa shape index (κ2) is 5.01. The molecule has 0 aromatic carbocycles. The Morgan fingerprint density at radius 3 is 2.94 bits per heavy atom. The van der Waals surface area contributed by atoms with Gasteiger partial charge in [0.25, 0.3) is 0 Å². The van der Waals surface area contributed by atoms with Crippen LogP contribution in [0.25, 0.3) is 0 Å². The molecule has 1 aliphatic rings. The van der Waals surface area contributed by atoms with Gasteiger partial charge >= 0.3 is 0 Å². The second-order valence-electron chi connectivity index (χ2n) is 4.37. The Labute approximate surface area is 102 Å². The van der Waals surface area contributed by atoms with Crippen LogP contribution in [0.4, 0.5) is 5.69 Å². The van der Waals surface area contributed by atoms with Crippen LogP contribution in [0.3, 0.4) is 0 Å². The molecule has 0 amide bonds. The zero-order valence-electron chi connectivity index (χ0n) is 9.81. The van der Waals surface area contributed by atoms with E-state index < -0.39 is 10.0 Å². The number of nitrogens with one attached hydrogen (secondary N) is 2. The summed E-state index contributed by atoms with van der Waals surface area (Å²) in [6, 6.07) is 3.58. The van der Waals surface area contributed by atoms with Crippen LogP contribution in [0.15, 0.2) is 18.3 Å². The molecule has 1 fully saturated rings. The number of hydrogen-bond donors (Lipinski definition) is 2. The van der Waals surface area contributed by atoms with Crippen molar-refractivity contribution in [2.24, 2.45) is 0 Å². The Kier molecular flexibility index (Phi) is 3.63. The molecule has 6 heteroatoms. The standard InChI is InChI=1S/C11H17N3O2S/c1-9-4-5-10(7-13-9)14-17(15,16)8-11-3-2-6-12-11/h4-5,7,11-12,14H,2-3,6,8H2,1H3. The Hall–Kier alpha value is -1.14. The molecule has 1 aromatic rings. The van der Waals surface area contributed by atoms with E-state index in [9.17, 15) is 8.42 Å². The summed E-state index contributed by atoms with van der Waals surface area (Å²) in [5.74, 6) is 0.126. The van der Waals surface area contributed by atoms with Crippen LogP contribution in [-0.2, 0) is 10.0 Å². The van der Waals surface area contributed by atoms with Crippen molar-refractivity contribution in [3.05, 3.63) is 24.0 Å². The third-order valence-corrected chi connectivity index (χ3v) is 4.16. The minimum atomic E-state index is -3.28. The summed E-state index contributed by atoms with van der Waals surface area (Å²) in [6.07, 6.45) is 3.51. The SMILES string of the molecule is Cc1ccc(NS(=O)(=O)CC2CCCN2)cn1. The van der Waals surface area contributed by atoms with Crippen LogP contribution in [0.5, 0.6) is 0 Å². The zero-order valence-corrected chi connectivity index (χ0v) is 10.6. The van der Waals surface area contributed by atoms with Gasteiger partial charge in [0.1, 0.15) is 0 Å². The molecule has 1 saturated heterocycles. The van der Waals surface area contributed by atoms with E-state index in [1.54, 1.807) is 12.1 Å². The summed E-state index contributed by atoms with van der Waals surface area (Å²) < 4.78 is 26.3. The quantitative estimate of drug-likeness (QED) is 0.838. The van der Waals surface area contributed by atoms with E-state index in [-0.39, 0.29) is 11.8 Å². The Morgan fingerprint density at radius 1 is 1.53 bits per heavy atom. The molecule has 1 unspecified atom stereocenters. The van der Waals surface area contributed by atoms with E-state index in [4.69, 9.17) is 0 Å². The molecule has 0 spiro atoms. The average molecular weight is 255 g/mol. The van der Waals surface area contributed by atoms with Crippen LogP contribution in [0, 0.1) is 6.92 Å². The number of aryl methyl sites for hydroxylation is 1. The average Bonchev–Trinajstić information content (AvgIpc) is 2.73. The normalized spacial score (nSPS) is 20.4. The van der Waals surface area contributed by atoms with Crippen LogP contribution in [-0.4, -0.2) is 31.7 Å². The molecule has 1 atom stereocenters. The first-order valence-corrected chi connectivity index (χ1v) is 7.37. The number of anilines is 1. The van der Waals surface area contributed by atoms with E-state index in [2.05, 4.69) is 15.0 Å². The molecule has 5 nitrogen and oxygen atoms in total. The van der Waals surface area contributed by atoms with Gasteiger partial charge in [-0.25, -0.2) is 8.42 Å². The van der Waals surface area contributed by atoms with E-state index in [1.807, 2.05) is 6.92 Å². The van der Waals surface area contributed by atoms with Crippen molar-refractivity contribution < 1.29 is 8.42 Å². The highest BCUT2D eigenvalue weighted by atomic mass is 32.2. The highest BCUT2D eigenvalue weighted by Gasteiger charge is 2.21. The Balaban J connectivity index is 1.98. The molecule has 0 aliphatic carbocycles. The fourth-order valence-corrected chi connectivity index (χ4v) is 3.29. The second-order valence-corrected chi connectivity index (χ2v) is 6.13. The van der Waals surface area contributed by atoms with Gasteiger partial charge in [-0.1, -0.05) is 0 Å². The molecule has 1 aromatic heterocycles. The van der Waals surface area contributed by atoms with Gasteiger partial charge in [-0.05, 0) is 38.4 Å². The zero-order chi connectivity index (χ0) is 12.3. The monoisotopic (exact) mass is 255 g/mol. The van der Waals surface area contributed by atoms with Crippen molar-refractivity contribution in [3.63, 3.8) is 0 Å². The molecule has 1 aliphatic heterocycles. The Morgan fingerprint density at radius 2 is 2.35 bits per heavy atom. The molecule has 2 N–H and O–H groups in total. The maximum Gasteiger partial charge on any atom is 0.234 e. The summed E-state index contributed by atoms with van der Waals surface area (Å²) in [5, 5.41) is 3.17. The summed E-state index contributed by atoms with van der Waals surface area (Å²) in [4.78, 5) is 4.05. The highest BCUT2D eigenvalue weighted by molar-refractivity contribution is 7.92. The molecule has 0 radical (unpaired) electrons. The number of sulfonamides is 1. The largest absolute Gasteiger partial charge is 0.313 e. The van der Waals surface area contributed by atoms with E-state index >= 15 is 0 Å². The molecule has 0 bridgehead atoms. The van der Waals surface area contributed by atoms with Gasteiger partial charge in [0.05, 0.1) is 17.6 Å². The fourth-order valence-electron chi connectivity index (χ4n) is 1.91. The first kappa shape index (κ1) is 12.3. The lowest BCUT2D eigenvalue weighted by Crippen LogP contribution is -2.32. The highest BCUT2D eigenvalue weighted by Crippen LogP contribution is 2.12. The summed E-state index contributed by atoms with van der Waals surface area (Å²) in [7, 11) is -3.28. The van der Waals surface area contributed by atoms with Crippen molar-refractivity contribution in [1.29, 1.82) is 0 Å². The number of nitrogens with zero attached hydrogens (tertiary/aromatic N) is 1. The first-order valence-electron chi connectivity index (χ1n) is 5.72. The fraction of sp³-hybridized carbons (Fsp3) is 0.545. The molecule has 94 valence electrons. The number of hydrogen-bond acceptors (Lipinski definition) is 4. The minimum Gasteiger partial charge on any atom is -0.313 e. The van der Waals surface area contributed by atoms with Gasteiger partial charge in [0, 0.05) is 11.7 Å². The minimum absolute atomic E-state index is 0.0749. The van der Waals surface area contributed by atoms with Gasteiger partial charge in [-0.2, -0.15) is 0 Å². The van der Waals surface area contributed by atoms with Crippen molar-refractivity contribution in [2.45, 2.75) is 25.8 Å². The van der Waals surface area contributed by atoms with Crippen LogP contribution in [0.2, 0.25) is 0 Å². The van der Waals surface area contributed by atoms with E-state index in [0.717, 1.165) is 25.1 Å². The van der Waals surface area contributed by atoms with E-state index in [0.29, 0.717) is 5.69 Å². The first-order chi connectivity index (χ1) is 8.05. The maximum atomic E-state index is 11.9. The molecule has 17 heavy (non-hydrogen) atoms. The van der Waals surface area contributed by atoms with Gasteiger partial charge < -0.3 is 5.32 Å². The molecule has 0 saturated carbocycles. The van der Waals surface area contributed by atoms with Gasteiger partial charge in [0.15, 0.2) is 0 Å². The number of rotatable bonds is 4. The van der Waals surface area contributed by atoms with Gasteiger partial charge in [-0.15, -0.1) is 0 Å². The summed E-state index contributed by atoms with van der Waals surface area (Å²) in [6.45, 7) is 2.77. The summed E-state index contributed by atoms with van der Waals surface area (Å²) in [5.41, 5.74) is 1.39. The molecular formula is C11H17N3O2S. The van der Waals surface area contributed by atoms with E-state index in [1.165, 1.54) is 6.20 Å². The lowest BCUT2D eigenvalue weighted by atomic mass is 10.3. The van der Waals surface area contributed by atoms with Crippen molar-refractivity contribution in [3.8, 4) is 0 Å². The number of aromatic nitrogens is 1. The van der Waals surface area contributed by atoms with Crippen LogP contribution < -0.4 is 10.0 Å². The van der Waals surface area contributed by atoms with Crippen LogP contribution >= 0.6 is 0 Å². The smallest absolute Gasteiger partial charge is 0.234 e. The molecular weight excluding hydrogens is 238 g/mol. The lowest BCUT2D eigenvalue weighted by Gasteiger charge is -2.12. The van der Waals surface area contributed by atoms with Crippen molar-refractivity contribution in [1.82, 2.24) is 10.3 Å². The topological polar surface area (TPSA) is 71.1 Å². The molecule has 2 rings (SSSR count). The van der Waals surface area contributed by atoms with Crippen LogP contribution in [0.1, 0.15) is 18.5 Å².